The van der Waals surface area contributed by atoms with Crippen LogP contribution in [-0.2, 0) is 0 Å². The first-order valence-electron chi connectivity index (χ1n) is 4.54. The summed E-state index contributed by atoms with van der Waals surface area (Å²) in [6.45, 7) is 2.01. The molecule has 0 bridgehead atoms. The summed E-state index contributed by atoms with van der Waals surface area (Å²) >= 11 is 18.0. The fraction of sp³-hybridized carbons (Fsp3) is 0.400. The molecule has 1 nitrogen and oxygen atoms in total. The van der Waals surface area contributed by atoms with E-state index >= 15 is 0 Å². The van der Waals surface area contributed by atoms with E-state index in [0.29, 0.717) is 21.0 Å². The van der Waals surface area contributed by atoms with Crippen LogP contribution in [0.4, 0.5) is 0 Å². The zero-order valence-corrected chi connectivity index (χ0v) is 9.76. The van der Waals surface area contributed by atoms with Crippen LogP contribution >= 0.6 is 34.8 Å². The second-order valence-corrected chi connectivity index (χ2v) is 4.62. The molecule has 0 saturated carbocycles. The normalized spacial score (nSPS) is 21.5. The molecule has 1 saturated heterocycles. The first-order valence-corrected chi connectivity index (χ1v) is 5.67. The van der Waals surface area contributed by atoms with Crippen molar-refractivity contribution in [3.05, 3.63) is 32.8 Å². The van der Waals surface area contributed by atoms with Crippen LogP contribution in [0.2, 0.25) is 15.1 Å². The lowest BCUT2D eigenvalue weighted by Crippen LogP contribution is -2.08. The molecule has 0 aromatic heterocycles. The van der Waals surface area contributed by atoms with Crippen LogP contribution in [0.15, 0.2) is 12.1 Å². The van der Waals surface area contributed by atoms with Gasteiger partial charge in [-0.05, 0) is 30.5 Å². The highest BCUT2D eigenvalue weighted by atomic mass is 35.5. The van der Waals surface area contributed by atoms with Gasteiger partial charge in [0, 0.05) is 6.54 Å². The highest BCUT2D eigenvalue weighted by Crippen LogP contribution is 2.37. The van der Waals surface area contributed by atoms with Crippen molar-refractivity contribution in [3.8, 4) is 0 Å². The maximum Gasteiger partial charge on any atom is 0.0781 e. The molecule has 1 aliphatic heterocycles. The Bertz CT molecular complexity index is 345. The van der Waals surface area contributed by atoms with Crippen LogP contribution in [0.1, 0.15) is 17.9 Å². The minimum Gasteiger partial charge on any atom is -0.316 e. The fourth-order valence-electron chi connectivity index (χ4n) is 1.78. The van der Waals surface area contributed by atoms with E-state index in [9.17, 15) is 0 Å². The van der Waals surface area contributed by atoms with Crippen LogP contribution in [0, 0.1) is 0 Å². The van der Waals surface area contributed by atoms with Crippen molar-refractivity contribution in [2.24, 2.45) is 0 Å². The van der Waals surface area contributed by atoms with Crippen molar-refractivity contribution in [1.29, 1.82) is 0 Å². The molecule has 14 heavy (non-hydrogen) atoms. The number of hydrogen-bond donors (Lipinski definition) is 1. The highest BCUT2D eigenvalue weighted by Gasteiger charge is 2.20. The van der Waals surface area contributed by atoms with Crippen molar-refractivity contribution in [3.63, 3.8) is 0 Å². The maximum atomic E-state index is 6.13. The van der Waals surface area contributed by atoms with Gasteiger partial charge in [-0.25, -0.2) is 0 Å². The van der Waals surface area contributed by atoms with E-state index in [0.717, 1.165) is 25.1 Å². The van der Waals surface area contributed by atoms with E-state index in [1.807, 2.05) is 12.1 Å². The molecular formula is C10H10Cl3N. The lowest BCUT2D eigenvalue weighted by atomic mass is 9.98. The van der Waals surface area contributed by atoms with E-state index in [1.165, 1.54) is 0 Å². The first-order chi connectivity index (χ1) is 6.70. The van der Waals surface area contributed by atoms with Gasteiger partial charge in [-0.15, -0.1) is 0 Å². The van der Waals surface area contributed by atoms with Gasteiger partial charge in [-0.2, -0.15) is 0 Å². The quantitative estimate of drug-likeness (QED) is 0.749. The molecule has 1 N–H and O–H groups in total. The first kappa shape index (κ1) is 10.6. The van der Waals surface area contributed by atoms with Gasteiger partial charge in [0.2, 0.25) is 0 Å². The second kappa shape index (κ2) is 4.28. The number of nitrogens with one attached hydrogen (secondary N) is 1. The topological polar surface area (TPSA) is 12.0 Å². The molecule has 0 radical (unpaired) electrons. The summed E-state index contributed by atoms with van der Waals surface area (Å²) in [5.41, 5.74) is 1.10. The van der Waals surface area contributed by atoms with E-state index in [4.69, 9.17) is 34.8 Å². The van der Waals surface area contributed by atoms with E-state index in [1.54, 1.807) is 0 Å². The van der Waals surface area contributed by atoms with Crippen molar-refractivity contribution in [2.45, 2.75) is 12.3 Å². The Morgan fingerprint density at radius 1 is 1.14 bits per heavy atom. The summed E-state index contributed by atoms with van der Waals surface area (Å²) in [4.78, 5) is 0. The third kappa shape index (κ3) is 1.87. The lowest BCUT2D eigenvalue weighted by molar-refractivity contribution is 0.764. The molecule has 1 aliphatic rings. The molecule has 1 aromatic rings. The largest absolute Gasteiger partial charge is 0.316 e. The summed E-state index contributed by atoms with van der Waals surface area (Å²) in [7, 11) is 0. The monoisotopic (exact) mass is 249 g/mol. The number of rotatable bonds is 1. The predicted octanol–water partition coefficient (Wildman–Crippen LogP) is 3.72. The summed E-state index contributed by atoms with van der Waals surface area (Å²) in [6, 6.07) is 3.78. The van der Waals surface area contributed by atoms with Crippen molar-refractivity contribution in [2.75, 3.05) is 13.1 Å². The van der Waals surface area contributed by atoms with E-state index in [2.05, 4.69) is 5.32 Å². The van der Waals surface area contributed by atoms with Crippen LogP contribution in [0.5, 0.6) is 0 Å². The third-order valence-electron chi connectivity index (χ3n) is 2.57. The highest BCUT2D eigenvalue weighted by molar-refractivity contribution is 6.48. The summed E-state index contributed by atoms with van der Waals surface area (Å²) < 4.78 is 0. The minimum atomic E-state index is 0.470. The Balaban J connectivity index is 2.38. The standard InChI is InChI=1S/C10H10Cl3N/c11-8-2-1-7(9(12)10(8)13)6-3-4-14-5-6/h1-2,6,14H,3-5H2. The predicted molar refractivity (Wildman–Crippen MR) is 61.7 cm³/mol. The van der Waals surface area contributed by atoms with Crippen LogP contribution < -0.4 is 5.32 Å². The lowest BCUT2D eigenvalue weighted by Gasteiger charge is -2.12. The van der Waals surface area contributed by atoms with Gasteiger partial charge in [-0.1, -0.05) is 40.9 Å². The third-order valence-corrected chi connectivity index (χ3v) is 3.87. The van der Waals surface area contributed by atoms with Crippen LogP contribution in [0.3, 0.4) is 0 Å². The Hall–Kier alpha value is 0.0500. The number of hydrogen-bond acceptors (Lipinski definition) is 1. The van der Waals surface area contributed by atoms with E-state index < -0.39 is 0 Å². The molecule has 1 atom stereocenters. The summed E-state index contributed by atoms with van der Waals surface area (Å²) in [5.74, 6) is 0.470. The van der Waals surface area contributed by atoms with Crippen LogP contribution in [0.25, 0.3) is 0 Å². The minimum absolute atomic E-state index is 0.470. The fourth-order valence-corrected chi connectivity index (χ4v) is 2.47. The Morgan fingerprint density at radius 3 is 2.57 bits per heavy atom. The van der Waals surface area contributed by atoms with Crippen molar-refractivity contribution >= 4 is 34.8 Å². The molecule has 76 valence electrons. The smallest absolute Gasteiger partial charge is 0.0781 e. The van der Waals surface area contributed by atoms with Gasteiger partial charge in [0.1, 0.15) is 0 Å². The average Bonchev–Trinajstić information content (AvgIpc) is 2.67. The second-order valence-electron chi connectivity index (χ2n) is 3.45. The van der Waals surface area contributed by atoms with Gasteiger partial charge in [0.25, 0.3) is 0 Å². The SMILES string of the molecule is Clc1ccc(C2CCNC2)c(Cl)c1Cl. The molecular weight excluding hydrogens is 240 g/mol. The summed E-state index contributed by atoms with van der Waals surface area (Å²) in [5, 5.41) is 4.89. The number of halogens is 3. The molecule has 1 unspecified atom stereocenters. The van der Waals surface area contributed by atoms with Gasteiger partial charge in [0.05, 0.1) is 15.1 Å². The van der Waals surface area contributed by atoms with Crippen molar-refractivity contribution < 1.29 is 0 Å². The van der Waals surface area contributed by atoms with Gasteiger partial charge >= 0.3 is 0 Å². The molecule has 0 aliphatic carbocycles. The van der Waals surface area contributed by atoms with E-state index in [-0.39, 0.29) is 0 Å². The molecule has 2 rings (SSSR count). The molecule has 0 spiro atoms. The number of benzene rings is 1. The Kier molecular flexibility index (Phi) is 3.23. The molecule has 1 heterocycles. The molecule has 1 aromatic carbocycles. The van der Waals surface area contributed by atoms with Crippen LogP contribution in [-0.4, -0.2) is 13.1 Å². The molecule has 4 heteroatoms. The van der Waals surface area contributed by atoms with Crippen molar-refractivity contribution in [1.82, 2.24) is 5.32 Å². The zero-order valence-electron chi connectivity index (χ0n) is 7.49. The summed E-state index contributed by atoms with van der Waals surface area (Å²) in [6.07, 6.45) is 1.11. The Labute approximate surface area is 98.3 Å². The average molecular weight is 251 g/mol. The molecule has 1 fully saturated rings. The van der Waals surface area contributed by atoms with Gasteiger partial charge in [0.15, 0.2) is 0 Å². The zero-order chi connectivity index (χ0) is 10.1. The van der Waals surface area contributed by atoms with Gasteiger partial charge < -0.3 is 5.32 Å². The van der Waals surface area contributed by atoms with Gasteiger partial charge in [-0.3, -0.25) is 0 Å². The Morgan fingerprint density at radius 2 is 1.93 bits per heavy atom. The maximum absolute atomic E-state index is 6.13. The molecule has 0 amide bonds.